The van der Waals surface area contributed by atoms with Gasteiger partial charge in [0.2, 0.25) is 10.0 Å². The highest BCUT2D eigenvalue weighted by Crippen LogP contribution is 2.19. The molecule has 202 valence electrons. The molecule has 0 aromatic heterocycles. The molecule has 0 radical (unpaired) electrons. The van der Waals surface area contributed by atoms with E-state index in [0.29, 0.717) is 43.3 Å². The number of ether oxygens (including phenoxy) is 2. The molecule has 0 bridgehead atoms. The molecule has 0 fully saturated rings. The van der Waals surface area contributed by atoms with Gasteiger partial charge in [0, 0.05) is 24.3 Å². The number of amides is 1. The summed E-state index contributed by atoms with van der Waals surface area (Å²) in [6.07, 6.45) is 1.48. The minimum Gasteiger partial charge on any atom is -0.490 e. The van der Waals surface area contributed by atoms with Crippen LogP contribution in [0.4, 0.5) is 5.69 Å². The summed E-state index contributed by atoms with van der Waals surface area (Å²) in [6, 6.07) is 22.5. The third kappa shape index (κ3) is 8.54. The Balaban J connectivity index is 1.48. The molecule has 1 amide bonds. The van der Waals surface area contributed by atoms with Crippen LogP contribution in [0.15, 0.2) is 83.8 Å². The van der Waals surface area contributed by atoms with Gasteiger partial charge in [-0.2, -0.15) is 4.31 Å². The maximum absolute atomic E-state index is 12.9. The van der Waals surface area contributed by atoms with Gasteiger partial charge in [-0.25, -0.2) is 8.42 Å². The lowest BCUT2D eigenvalue weighted by Gasteiger charge is -2.21. The first-order chi connectivity index (χ1) is 18.3. The molecule has 0 aliphatic rings. The fraction of sp³-hybridized carbons (Fsp3) is 0.286. The second kappa shape index (κ2) is 14.5. The molecule has 0 heterocycles. The van der Waals surface area contributed by atoms with Crippen molar-refractivity contribution in [2.45, 2.75) is 31.6 Å². The number of hydrogen-bond acceptors (Lipinski definition) is 6. The summed E-state index contributed by atoms with van der Waals surface area (Å²) >= 11 is 5.26. The highest BCUT2D eigenvalue weighted by molar-refractivity contribution is 7.89. The summed E-state index contributed by atoms with van der Waals surface area (Å²) in [7, 11) is -3.56. The van der Waals surface area contributed by atoms with Crippen LogP contribution in [0, 0.1) is 0 Å². The Morgan fingerprint density at radius 3 is 1.92 bits per heavy atom. The Labute approximate surface area is 230 Å². The normalized spacial score (nSPS) is 11.1. The third-order valence-electron chi connectivity index (χ3n) is 5.40. The van der Waals surface area contributed by atoms with E-state index >= 15 is 0 Å². The zero-order chi connectivity index (χ0) is 27.4. The highest BCUT2D eigenvalue weighted by Gasteiger charge is 2.22. The van der Waals surface area contributed by atoms with Gasteiger partial charge < -0.3 is 14.8 Å². The maximum Gasteiger partial charge on any atom is 0.257 e. The summed E-state index contributed by atoms with van der Waals surface area (Å²) in [5.74, 6) is 1.01. The van der Waals surface area contributed by atoms with Gasteiger partial charge in [-0.3, -0.25) is 10.1 Å². The minimum atomic E-state index is -3.56. The number of carbonyl (C=O) groups excluding carboxylic acids is 1. The van der Waals surface area contributed by atoms with Crippen molar-refractivity contribution in [1.29, 1.82) is 0 Å². The number of hydrogen-bond donors (Lipinski definition) is 2. The number of rotatable bonds is 13. The topological polar surface area (TPSA) is 97.0 Å². The van der Waals surface area contributed by atoms with E-state index in [2.05, 4.69) is 10.6 Å². The van der Waals surface area contributed by atoms with Crippen LogP contribution >= 0.6 is 12.2 Å². The first-order valence-electron chi connectivity index (χ1n) is 12.5. The number of para-hydroxylation sites is 1. The van der Waals surface area contributed by atoms with E-state index in [9.17, 15) is 13.2 Å². The SMILES string of the molecule is CCCN(CCC)S(=O)(=O)c1ccc(NC(=S)NC(=O)c2ccc(OCCOc3ccccc3)cc2)cc1. The Bertz CT molecular complexity index is 1280. The quantitative estimate of drug-likeness (QED) is 0.224. The van der Waals surface area contributed by atoms with Crippen LogP contribution in [0.25, 0.3) is 0 Å². The molecule has 38 heavy (non-hydrogen) atoms. The van der Waals surface area contributed by atoms with Crippen LogP contribution in [0.1, 0.15) is 37.0 Å². The average molecular weight is 556 g/mol. The molecule has 0 aliphatic heterocycles. The molecule has 8 nitrogen and oxygen atoms in total. The average Bonchev–Trinajstić information content (AvgIpc) is 2.92. The van der Waals surface area contributed by atoms with Crippen LogP contribution in [0.2, 0.25) is 0 Å². The molecular formula is C28H33N3O5S2. The lowest BCUT2D eigenvalue weighted by atomic mass is 10.2. The fourth-order valence-corrected chi connectivity index (χ4v) is 5.42. The van der Waals surface area contributed by atoms with Gasteiger partial charge in [0.15, 0.2) is 5.11 Å². The Morgan fingerprint density at radius 2 is 1.37 bits per heavy atom. The van der Waals surface area contributed by atoms with Crippen LogP contribution in [0.5, 0.6) is 11.5 Å². The van der Waals surface area contributed by atoms with Crippen LogP contribution in [0.3, 0.4) is 0 Å². The lowest BCUT2D eigenvalue weighted by Crippen LogP contribution is -2.34. The Kier molecular flexibility index (Phi) is 11.1. The first kappa shape index (κ1) is 29.1. The number of nitrogens with one attached hydrogen (secondary N) is 2. The van der Waals surface area contributed by atoms with E-state index in [1.807, 2.05) is 44.2 Å². The number of anilines is 1. The number of nitrogens with zero attached hydrogens (tertiary/aromatic N) is 1. The van der Waals surface area contributed by atoms with Crippen molar-refractivity contribution in [3.63, 3.8) is 0 Å². The van der Waals surface area contributed by atoms with Crippen LogP contribution in [-0.2, 0) is 10.0 Å². The number of carbonyl (C=O) groups is 1. The molecule has 3 aromatic carbocycles. The van der Waals surface area contributed by atoms with E-state index < -0.39 is 10.0 Å². The standard InChI is InChI=1S/C28H33N3O5S2/c1-3-18-31(19-4-2)38(33,34)26-16-12-23(13-17-26)29-28(37)30-27(32)22-10-14-25(15-11-22)36-21-20-35-24-8-6-5-7-9-24/h5-17H,3-4,18-21H2,1-2H3,(H2,29,30,32,37). The predicted octanol–water partition coefficient (Wildman–Crippen LogP) is 5.08. The van der Waals surface area contributed by atoms with Crippen molar-refractivity contribution in [2.24, 2.45) is 0 Å². The largest absolute Gasteiger partial charge is 0.490 e. The summed E-state index contributed by atoms with van der Waals surface area (Å²) in [5.41, 5.74) is 0.976. The highest BCUT2D eigenvalue weighted by atomic mass is 32.2. The summed E-state index contributed by atoms with van der Waals surface area (Å²) < 4.78 is 38.6. The van der Waals surface area contributed by atoms with Gasteiger partial charge in [0.25, 0.3) is 5.91 Å². The number of thiocarbonyl (C=S) groups is 1. The lowest BCUT2D eigenvalue weighted by molar-refractivity contribution is 0.0977. The van der Waals surface area contributed by atoms with Gasteiger partial charge in [-0.1, -0.05) is 32.0 Å². The van der Waals surface area contributed by atoms with Crippen LogP contribution < -0.4 is 20.1 Å². The molecular weight excluding hydrogens is 522 g/mol. The van der Waals surface area contributed by atoms with Crippen molar-refractivity contribution in [2.75, 3.05) is 31.6 Å². The zero-order valence-corrected chi connectivity index (χ0v) is 23.2. The summed E-state index contributed by atoms with van der Waals surface area (Å²) in [5, 5.41) is 5.64. The van der Waals surface area contributed by atoms with Crippen LogP contribution in [-0.4, -0.2) is 50.0 Å². The van der Waals surface area contributed by atoms with Gasteiger partial charge in [-0.15, -0.1) is 0 Å². The Hall–Kier alpha value is -3.47. The second-order valence-electron chi connectivity index (χ2n) is 8.37. The fourth-order valence-electron chi connectivity index (χ4n) is 3.59. The molecule has 3 aromatic rings. The van der Waals surface area contributed by atoms with E-state index in [1.54, 1.807) is 36.4 Å². The maximum atomic E-state index is 12.9. The molecule has 0 spiro atoms. The Morgan fingerprint density at radius 1 is 0.816 bits per heavy atom. The van der Waals surface area contributed by atoms with Crippen molar-refractivity contribution >= 4 is 38.9 Å². The predicted molar refractivity (Wildman–Crippen MR) is 153 cm³/mol. The molecule has 0 unspecified atom stereocenters. The van der Waals surface area contributed by atoms with E-state index in [0.717, 1.165) is 18.6 Å². The van der Waals surface area contributed by atoms with Gasteiger partial charge in [0.1, 0.15) is 24.7 Å². The molecule has 10 heteroatoms. The molecule has 0 atom stereocenters. The van der Waals surface area contributed by atoms with Crippen molar-refractivity contribution < 1.29 is 22.7 Å². The summed E-state index contributed by atoms with van der Waals surface area (Å²) in [6.45, 7) is 5.61. The molecule has 0 saturated carbocycles. The third-order valence-corrected chi connectivity index (χ3v) is 7.52. The van der Waals surface area contributed by atoms with Gasteiger partial charge in [-0.05, 0) is 85.7 Å². The van der Waals surface area contributed by atoms with Crippen molar-refractivity contribution in [1.82, 2.24) is 9.62 Å². The monoisotopic (exact) mass is 555 g/mol. The number of sulfonamides is 1. The van der Waals surface area contributed by atoms with E-state index in [4.69, 9.17) is 21.7 Å². The van der Waals surface area contributed by atoms with E-state index in [-0.39, 0.29) is 15.9 Å². The van der Waals surface area contributed by atoms with Gasteiger partial charge in [0.05, 0.1) is 4.90 Å². The van der Waals surface area contributed by atoms with Gasteiger partial charge >= 0.3 is 0 Å². The molecule has 3 rings (SSSR count). The zero-order valence-electron chi connectivity index (χ0n) is 21.6. The minimum absolute atomic E-state index is 0.0996. The molecule has 2 N–H and O–H groups in total. The molecule has 0 saturated heterocycles. The second-order valence-corrected chi connectivity index (χ2v) is 10.7. The van der Waals surface area contributed by atoms with Crippen molar-refractivity contribution in [3.8, 4) is 11.5 Å². The smallest absolute Gasteiger partial charge is 0.257 e. The summed E-state index contributed by atoms with van der Waals surface area (Å²) in [4.78, 5) is 12.8. The number of benzene rings is 3. The molecule has 0 aliphatic carbocycles. The van der Waals surface area contributed by atoms with E-state index in [1.165, 1.54) is 16.4 Å². The first-order valence-corrected chi connectivity index (χ1v) is 14.3. The van der Waals surface area contributed by atoms with Crippen molar-refractivity contribution in [3.05, 3.63) is 84.4 Å².